The van der Waals surface area contributed by atoms with Gasteiger partial charge in [0.1, 0.15) is 5.75 Å². The highest BCUT2D eigenvalue weighted by atomic mass is 32.2. The van der Waals surface area contributed by atoms with E-state index in [-0.39, 0.29) is 18.9 Å². The van der Waals surface area contributed by atoms with Crippen molar-refractivity contribution in [1.82, 2.24) is 0 Å². The number of aliphatic hydroxyl groups excluding tert-OH is 2. The first-order chi connectivity index (χ1) is 5.85. The molecular weight excluding hydrogens is 196 g/mol. The maximum absolute atomic E-state index is 10.3. The molecule has 0 heterocycles. The van der Waals surface area contributed by atoms with E-state index in [0.29, 0.717) is 6.42 Å². The number of rotatable bonds is 6. The van der Waals surface area contributed by atoms with Crippen LogP contribution in [0.1, 0.15) is 19.8 Å². The van der Waals surface area contributed by atoms with Crippen molar-refractivity contribution in [2.24, 2.45) is 5.92 Å². The summed E-state index contributed by atoms with van der Waals surface area (Å²) in [5.41, 5.74) is 0. The highest BCUT2D eigenvalue weighted by molar-refractivity contribution is 7.85. The van der Waals surface area contributed by atoms with Crippen molar-refractivity contribution in [3.8, 4) is 0 Å². The molecule has 3 N–H and O–H groups in total. The third-order valence-electron chi connectivity index (χ3n) is 1.70. The van der Waals surface area contributed by atoms with Crippen molar-refractivity contribution in [2.45, 2.75) is 25.9 Å². The minimum atomic E-state index is -4.10. The minimum absolute atomic E-state index is 0.0137. The minimum Gasteiger partial charge on any atom is -0.396 e. The summed E-state index contributed by atoms with van der Waals surface area (Å²) in [6.07, 6.45) is -0.278. The van der Waals surface area contributed by atoms with Gasteiger partial charge in [0.25, 0.3) is 10.1 Å². The second kappa shape index (κ2) is 5.54. The lowest BCUT2D eigenvalue weighted by molar-refractivity contribution is 0.153. The standard InChI is InChI=1S/C7H16O5S/c1-6(2-3-8)4-7(9)5-13(10,11)12/h6-9H,2-5H2,1H3,(H,10,11,12). The summed E-state index contributed by atoms with van der Waals surface area (Å²) in [4.78, 5) is 0. The van der Waals surface area contributed by atoms with Crippen LogP contribution < -0.4 is 0 Å². The molecule has 80 valence electrons. The first-order valence-corrected chi connectivity index (χ1v) is 5.70. The van der Waals surface area contributed by atoms with Gasteiger partial charge < -0.3 is 10.2 Å². The highest BCUT2D eigenvalue weighted by Gasteiger charge is 2.16. The number of hydrogen-bond acceptors (Lipinski definition) is 4. The zero-order valence-electron chi connectivity index (χ0n) is 7.55. The molecule has 0 aliphatic rings. The van der Waals surface area contributed by atoms with Crippen LogP contribution in [0.25, 0.3) is 0 Å². The summed E-state index contributed by atoms with van der Waals surface area (Å²) >= 11 is 0. The molecule has 0 aromatic carbocycles. The van der Waals surface area contributed by atoms with Crippen molar-refractivity contribution in [3.05, 3.63) is 0 Å². The maximum Gasteiger partial charge on any atom is 0.267 e. The fourth-order valence-electron chi connectivity index (χ4n) is 1.11. The van der Waals surface area contributed by atoms with E-state index in [1.807, 2.05) is 0 Å². The monoisotopic (exact) mass is 212 g/mol. The Morgan fingerprint density at radius 3 is 2.31 bits per heavy atom. The predicted octanol–water partition coefficient (Wildman–Crippen LogP) is -0.356. The largest absolute Gasteiger partial charge is 0.396 e. The van der Waals surface area contributed by atoms with Gasteiger partial charge in [-0.25, -0.2) is 0 Å². The van der Waals surface area contributed by atoms with Crippen LogP contribution in [0.5, 0.6) is 0 Å². The zero-order chi connectivity index (χ0) is 10.5. The van der Waals surface area contributed by atoms with E-state index < -0.39 is 22.0 Å². The molecule has 2 unspecified atom stereocenters. The van der Waals surface area contributed by atoms with Crippen LogP contribution in [0.3, 0.4) is 0 Å². The molecule has 0 aromatic rings. The Labute approximate surface area is 78.1 Å². The third kappa shape index (κ3) is 8.17. The zero-order valence-corrected chi connectivity index (χ0v) is 8.37. The lowest BCUT2D eigenvalue weighted by Gasteiger charge is -2.13. The first-order valence-electron chi connectivity index (χ1n) is 4.09. The summed E-state index contributed by atoms with van der Waals surface area (Å²) < 4.78 is 29.0. The van der Waals surface area contributed by atoms with Crippen molar-refractivity contribution < 1.29 is 23.2 Å². The molecule has 0 spiro atoms. The van der Waals surface area contributed by atoms with Crippen molar-refractivity contribution >= 4 is 10.1 Å². The fourth-order valence-corrected chi connectivity index (χ4v) is 1.74. The summed E-state index contributed by atoms with van der Waals surface area (Å²) in [7, 11) is -4.10. The maximum atomic E-state index is 10.3. The van der Waals surface area contributed by atoms with E-state index in [2.05, 4.69) is 0 Å². The summed E-state index contributed by atoms with van der Waals surface area (Å²) in [5.74, 6) is -0.593. The molecule has 0 aliphatic heterocycles. The first kappa shape index (κ1) is 12.8. The molecule has 6 heteroatoms. The van der Waals surface area contributed by atoms with Gasteiger partial charge in [-0.15, -0.1) is 0 Å². The average molecular weight is 212 g/mol. The van der Waals surface area contributed by atoms with Crippen LogP contribution >= 0.6 is 0 Å². The van der Waals surface area contributed by atoms with Crippen LogP contribution in [0.15, 0.2) is 0 Å². The molecule has 2 atom stereocenters. The average Bonchev–Trinajstić information content (AvgIpc) is 1.81. The Kier molecular flexibility index (Phi) is 5.46. The quantitative estimate of drug-likeness (QED) is 0.523. The van der Waals surface area contributed by atoms with E-state index in [9.17, 15) is 8.42 Å². The van der Waals surface area contributed by atoms with E-state index in [1.54, 1.807) is 6.92 Å². The normalized spacial score (nSPS) is 16.9. The Bertz CT molecular complexity index is 223. The smallest absolute Gasteiger partial charge is 0.267 e. The van der Waals surface area contributed by atoms with Crippen LogP contribution in [0, 0.1) is 5.92 Å². The molecule has 0 saturated carbocycles. The van der Waals surface area contributed by atoms with Gasteiger partial charge in [-0.05, 0) is 18.8 Å². The summed E-state index contributed by atoms with van der Waals surface area (Å²) in [6.45, 7) is 1.81. The lowest BCUT2D eigenvalue weighted by atomic mass is 10.0. The molecular formula is C7H16O5S. The second-order valence-electron chi connectivity index (χ2n) is 3.26. The van der Waals surface area contributed by atoms with Gasteiger partial charge in [0, 0.05) is 6.61 Å². The Morgan fingerprint density at radius 2 is 1.92 bits per heavy atom. The predicted molar refractivity (Wildman–Crippen MR) is 47.9 cm³/mol. The molecule has 0 amide bonds. The molecule has 0 aliphatic carbocycles. The van der Waals surface area contributed by atoms with E-state index in [4.69, 9.17) is 14.8 Å². The molecule has 0 rings (SSSR count). The van der Waals surface area contributed by atoms with Gasteiger partial charge in [-0.1, -0.05) is 6.92 Å². The molecule has 13 heavy (non-hydrogen) atoms. The van der Waals surface area contributed by atoms with E-state index >= 15 is 0 Å². The summed E-state index contributed by atoms with van der Waals surface area (Å²) in [5, 5.41) is 17.7. The molecule has 0 bridgehead atoms. The lowest BCUT2D eigenvalue weighted by Crippen LogP contribution is -2.22. The van der Waals surface area contributed by atoms with E-state index in [1.165, 1.54) is 0 Å². The highest BCUT2D eigenvalue weighted by Crippen LogP contribution is 2.10. The van der Waals surface area contributed by atoms with Crippen LogP contribution in [0.2, 0.25) is 0 Å². The van der Waals surface area contributed by atoms with Gasteiger partial charge in [0.15, 0.2) is 0 Å². The van der Waals surface area contributed by atoms with Crippen LogP contribution in [0.4, 0.5) is 0 Å². The molecule has 0 radical (unpaired) electrons. The number of aliphatic hydroxyl groups is 2. The summed E-state index contributed by atoms with van der Waals surface area (Å²) in [6, 6.07) is 0. The third-order valence-corrected chi connectivity index (χ3v) is 2.51. The van der Waals surface area contributed by atoms with E-state index in [0.717, 1.165) is 0 Å². The van der Waals surface area contributed by atoms with Crippen molar-refractivity contribution in [2.75, 3.05) is 12.4 Å². The van der Waals surface area contributed by atoms with Crippen LogP contribution in [-0.2, 0) is 10.1 Å². The molecule has 5 nitrogen and oxygen atoms in total. The second-order valence-corrected chi connectivity index (χ2v) is 4.75. The van der Waals surface area contributed by atoms with Crippen LogP contribution in [-0.4, -0.2) is 41.6 Å². The van der Waals surface area contributed by atoms with Gasteiger partial charge in [-0.3, -0.25) is 4.55 Å². The van der Waals surface area contributed by atoms with Gasteiger partial charge in [0.2, 0.25) is 0 Å². The molecule has 0 fully saturated rings. The molecule has 0 aromatic heterocycles. The SMILES string of the molecule is CC(CCO)CC(O)CS(=O)(=O)O. The van der Waals surface area contributed by atoms with Gasteiger partial charge in [0.05, 0.1) is 6.10 Å². The Hall–Kier alpha value is -0.170. The Balaban J connectivity index is 3.80. The molecule has 0 saturated heterocycles. The topological polar surface area (TPSA) is 94.8 Å². The van der Waals surface area contributed by atoms with Crippen molar-refractivity contribution in [3.63, 3.8) is 0 Å². The van der Waals surface area contributed by atoms with Crippen molar-refractivity contribution in [1.29, 1.82) is 0 Å². The van der Waals surface area contributed by atoms with Gasteiger partial charge >= 0.3 is 0 Å². The Morgan fingerprint density at radius 1 is 1.38 bits per heavy atom. The fraction of sp³-hybridized carbons (Fsp3) is 1.00. The van der Waals surface area contributed by atoms with Gasteiger partial charge in [-0.2, -0.15) is 8.42 Å². The number of hydrogen-bond donors (Lipinski definition) is 3.